The van der Waals surface area contributed by atoms with E-state index in [9.17, 15) is 18.3 Å². The molecule has 4 nitrogen and oxygen atoms in total. The Hall–Kier alpha value is -2.25. The summed E-state index contributed by atoms with van der Waals surface area (Å²) in [6, 6.07) is 14.1. The van der Waals surface area contributed by atoms with Crippen LogP contribution >= 0.6 is 0 Å². The van der Waals surface area contributed by atoms with Crippen molar-refractivity contribution < 1.29 is 23.0 Å². The van der Waals surface area contributed by atoms with Crippen LogP contribution in [0.15, 0.2) is 48.5 Å². The lowest BCUT2D eigenvalue weighted by Gasteiger charge is -2.57. The van der Waals surface area contributed by atoms with Gasteiger partial charge < -0.3 is 14.7 Å². The molecule has 5 aliphatic rings. The maximum atomic E-state index is 13.0. The fourth-order valence-electron chi connectivity index (χ4n) is 7.98. The number of nitrogens with zero attached hydrogens (tertiary/aromatic N) is 2. The SMILES string of the molecule is OC(COc1ccc(C23CC4CC(CC(C4)C2)C3)cc1)CN1CCN(c2cccc(C(F)(F)F)c2)CC1. The standard InChI is InChI=1S/C30H37F3N2O2/c31-30(32,33)25-2-1-3-26(15-25)35-10-8-34(9-11-35)19-27(36)20-37-28-6-4-24(5-7-28)29-16-21-12-22(17-29)14-23(13-21)18-29/h1-7,15,21-23,27,36H,8-14,16-20H2. The van der Waals surface area contributed by atoms with Crippen molar-refractivity contribution in [3.8, 4) is 5.75 Å². The number of benzene rings is 2. The van der Waals surface area contributed by atoms with Gasteiger partial charge in [0, 0.05) is 38.4 Å². The first-order valence-corrected chi connectivity index (χ1v) is 13.8. The van der Waals surface area contributed by atoms with E-state index >= 15 is 0 Å². The van der Waals surface area contributed by atoms with Gasteiger partial charge in [-0.05, 0) is 97.6 Å². The Morgan fingerprint density at radius 3 is 2.11 bits per heavy atom. The number of hydrogen-bond acceptors (Lipinski definition) is 4. The Bertz CT molecular complexity index is 1040. The first kappa shape index (κ1) is 25.1. The van der Waals surface area contributed by atoms with Crippen LogP contribution in [-0.2, 0) is 11.6 Å². The molecule has 0 amide bonds. The summed E-state index contributed by atoms with van der Waals surface area (Å²) >= 11 is 0. The Morgan fingerprint density at radius 2 is 1.51 bits per heavy atom. The summed E-state index contributed by atoms with van der Waals surface area (Å²) in [5.74, 6) is 3.56. The molecule has 1 atom stereocenters. The molecule has 0 spiro atoms. The van der Waals surface area contributed by atoms with E-state index < -0.39 is 17.8 Å². The minimum absolute atomic E-state index is 0.227. The molecule has 0 aromatic heterocycles. The molecule has 37 heavy (non-hydrogen) atoms. The van der Waals surface area contributed by atoms with Crippen LogP contribution in [0.25, 0.3) is 0 Å². The minimum Gasteiger partial charge on any atom is -0.491 e. The summed E-state index contributed by atoms with van der Waals surface area (Å²) in [7, 11) is 0. The largest absolute Gasteiger partial charge is 0.491 e. The van der Waals surface area contributed by atoms with Gasteiger partial charge in [0.15, 0.2) is 0 Å². The number of anilines is 1. The molecule has 5 fully saturated rings. The molecule has 4 bridgehead atoms. The molecule has 1 aliphatic heterocycles. The van der Waals surface area contributed by atoms with Crippen LogP contribution in [0.5, 0.6) is 5.75 Å². The van der Waals surface area contributed by atoms with Gasteiger partial charge >= 0.3 is 6.18 Å². The molecular weight excluding hydrogens is 477 g/mol. The third-order valence-electron chi connectivity index (χ3n) is 9.33. The van der Waals surface area contributed by atoms with E-state index in [-0.39, 0.29) is 6.61 Å². The molecule has 0 radical (unpaired) electrons. The molecular formula is C30H37F3N2O2. The number of β-amino-alcohol motifs (C(OH)–C–C–N with tert-alkyl or cyclic N) is 1. The van der Waals surface area contributed by atoms with Gasteiger partial charge in [-0.25, -0.2) is 0 Å². The normalized spacial score (nSPS) is 30.5. The summed E-state index contributed by atoms with van der Waals surface area (Å²) in [6.45, 7) is 3.34. The average Bonchev–Trinajstić information content (AvgIpc) is 2.87. The number of ether oxygens (including phenoxy) is 1. The highest BCUT2D eigenvalue weighted by Crippen LogP contribution is 2.60. The molecule has 4 aliphatic carbocycles. The summed E-state index contributed by atoms with van der Waals surface area (Å²) in [5, 5.41) is 10.6. The van der Waals surface area contributed by atoms with Crippen molar-refractivity contribution in [1.82, 2.24) is 4.90 Å². The summed E-state index contributed by atoms with van der Waals surface area (Å²) in [6.07, 6.45) is 3.41. The molecule has 1 N–H and O–H groups in total. The first-order valence-electron chi connectivity index (χ1n) is 13.8. The Balaban J connectivity index is 0.970. The van der Waals surface area contributed by atoms with Gasteiger partial charge in [-0.15, -0.1) is 0 Å². The van der Waals surface area contributed by atoms with E-state index in [0.29, 0.717) is 43.8 Å². The molecule has 1 heterocycles. The number of halogens is 3. The van der Waals surface area contributed by atoms with E-state index in [4.69, 9.17) is 4.74 Å². The van der Waals surface area contributed by atoms with Crippen LogP contribution in [-0.4, -0.2) is 55.4 Å². The highest BCUT2D eigenvalue weighted by atomic mass is 19.4. The van der Waals surface area contributed by atoms with Crippen molar-refractivity contribution in [1.29, 1.82) is 0 Å². The average molecular weight is 515 g/mol. The second-order valence-electron chi connectivity index (χ2n) is 12.0. The van der Waals surface area contributed by atoms with Gasteiger partial charge in [-0.3, -0.25) is 4.90 Å². The van der Waals surface area contributed by atoms with Gasteiger partial charge in [0.05, 0.1) is 5.56 Å². The summed E-state index contributed by atoms with van der Waals surface area (Å²) in [4.78, 5) is 4.12. The van der Waals surface area contributed by atoms with Crippen LogP contribution in [0, 0.1) is 17.8 Å². The van der Waals surface area contributed by atoms with Crippen molar-refractivity contribution >= 4 is 5.69 Å². The van der Waals surface area contributed by atoms with Crippen LogP contribution in [0.2, 0.25) is 0 Å². The van der Waals surface area contributed by atoms with E-state index in [1.54, 1.807) is 6.07 Å². The molecule has 1 saturated heterocycles. The van der Waals surface area contributed by atoms with Gasteiger partial charge in [0.25, 0.3) is 0 Å². The van der Waals surface area contributed by atoms with Crippen LogP contribution in [0.4, 0.5) is 18.9 Å². The van der Waals surface area contributed by atoms with Crippen molar-refractivity contribution in [2.45, 2.75) is 56.2 Å². The predicted octanol–water partition coefficient (Wildman–Crippen LogP) is 5.74. The van der Waals surface area contributed by atoms with Crippen molar-refractivity contribution in [2.75, 3.05) is 44.2 Å². The van der Waals surface area contributed by atoms with Crippen molar-refractivity contribution in [3.05, 3.63) is 59.7 Å². The van der Waals surface area contributed by atoms with Crippen LogP contribution in [0.1, 0.15) is 49.7 Å². The second-order valence-corrected chi connectivity index (χ2v) is 12.0. The quantitative estimate of drug-likeness (QED) is 0.512. The van der Waals surface area contributed by atoms with Gasteiger partial charge in [-0.1, -0.05) is 18.2 Å². The Kier molecular flexibility index (Phi) is 6.64. The monoisotopic (exact) mass is 514 g/mol. The smallest absolute Gasteiger partial charge is 0.416 e. The van der Waals surface area contributed by atoms with Gasteiger partial charge in [0.1, 0.15) is 18.5 Å². The lowest BCUT2D eigenvalue weighted by atomic mass is 9.48. The highest BCUT2D eigenvalue weighted by Gasteiger charge is 2.51. The third kappa shape index (κ3) is 5.35. The zero-order chi connectivity index (χ0) is 25.6. The van der Waals surface area contributed by atoms with Gasteiger partial charge in [-0.2, -0.15) is 13.2 Å². The maximum Gasteiger partial charge on any atom is 0.416 e. The Morgan fingerprint density at radius 1 is 0.892 bits per heavy atom. The molecule has 2 aromatic carbocycles. The van der Waals surface area contributed by atoms with Gasteiger partial charge in [0.2, 0.25) is 0 Å². The Labute approximate surface area is 217 Å². The lowest BCUT2D eigenvalue weighted by Crippen LogP contribution is -2.49. The fourth-order valence-corrected chi connectivity index (χ4v) is 7.98. The van der Waals surface area contributed by atoms with E-state index in [1.165, 1.54) is 56.2 Å². The van der Waals surface area contributed by atoms with E-state index in [2.05, 4.69) is 29.2 Å². The van der Waals surface area contributed by atoms with Crippen LogP contribution in [0.3, 0.4) is 0 Å². The highest BCUT2D eigenvalue weighted by molar-refractivity contribution is 5.49. The zero-order valence-corrected chi connectivity index (χ0v) is 21.3. The summed E-state index contributed by atoms with van der Waals surface area (Å²) in [5.41, 5.74) is 1.82. The van der Waals surface area contributed by atoms with E-state index in [1.807, 2.05) is 4.90 Å². The number of aliphatic hydroxyl groups excluding tert-OH is 1. The molecule has 2 aromatic rings. The minimum atomic E-state index is -4.34. The third-order valence-corrected chi connectivity index (χ3v) is 9.33. The number of rotatable bonds is 7. The topological polar surface area (TPSA) is 35.9 Å². The maximum absolute atomic E-state index is 13.0. The fraction of sp³-hybridized carbons (Fsp3) is 0.600. The lowest BCUT2D eigenvalue weighted by molar-refractivity contribution is -0.137. The number of alkyl halides is 3. The first-order chi connectivity index (χ1) is 17.8. The van der Waals surface area contributed by atoms with Crippen molar-refractivity contribution in [3.63, 3.8) is 0 Å². The molecule has 7 heteroatoms. The van der Waals surface area contributed by atoms with E-state index in [0.717, 1.165) is 29.6 Å². The zero-order valence-electron chi connectivity index (χ0n) is 21.3. The molecule has 7 rings (SSSR count). The molecule has 4 saturated carbocycles. The molecule has 200 valence electrons. The second kappa shape index (κ2) is 9.81. The molecule has 1 unspecified atom stereocenters. The summed E-state index contributed by atoms with van der Waals surface area (Å²) < 4.78 is 45.0. The number of hydrogen-bond donors (Lipinski definition) is 1. The predicted molar refractivity (Wildman–Crippen MR) is 138 cm³/mol. The van der Waals surface area contributed by atoms with Crippen LogP contribution < -0.4 is 9.64 Å². The number of piperazine rings is 1. The van der Waals surface area contributed by atoms with Crippen molar-refractivity contribution in [2.24, 2.45) is 17.8 Å². The number of aliphatic hydroxyl groups is 1.